The molecule has 0 bridgehead atoms. The maximum atomic E-state index is 11.5. The SMILES string of the molecule is CCOC(=O)c1ccc(NN=C2CCCN(C)C2)cc1. The summed E-state index contributed by atoms with van der Waals surface area (Å²) in [6.45, 7) is 4.23. The number of piperidine rings is 1. The monoisotopic (exact) mass is 275 g/mol. The van der Waals surface area contributed by atoms with Crippen LogP contribution in [0.1, 0.15) is 30.1 Å². The Morgan fingerprint density at radius 3 is 2.80 bits per heavy atom. The van der Waals surface area contributed by atoms with Crippen LogP contribution < -0.4 is 5.43 Å². The minimum absolute atomic E-state index is 0.292. The average Bonchev–Trinajstić information content (AvgIpc) is 2.46. The van der Waals surface area contributed by atoms with Crippen LogP contribution >= 0.6 is 0 Å². The predicted octanol–water partition coefficient (Wildman–Crippen LogP) is 2.36. The molecule has 2 rings (SSSR count). The molecule has 1 aliphatic rings. The Balaban J connectivity index is 1.93. The third-order valence-electron chi connectivity index (χ3n) is 3.20. The quantitative estimate of drug-likeness (QED) is 0.677. The normalized spacial score (nSPS) is 18.0. The fourth-order valence-corrected chi connectivity index (χ4v) is 2.15. The molecule has 0 amide bonds. The van der Waals surface area contributed by atoms with Gasteiger partial charge in [0.05, 0.1) is 23.6 Å². The molecule has 1 aliphatic heterocycles. The number of ether oxygens (including phenoxy) is 1. The van der Waals surface area contributed by atoms with Crippen molar-refractivity contribution in [3.8, 4) is 0 Å². The van der Waals surface area contributed by atoms with Gasteiger partial charge in [0.2, 0.25) is 0 Å². The number of hydrogen-bond donors (Lipinski definition) is 1. The lowest BCUT2D eigenvalue weighted by Gasteiger charge is -2.23. The van der Waals surface area contributed by atoms with Crippen molar-refractivity contribution < 1.29 is 9.53 Å². The fraction of sp³-hybridized carbons (Fsp3) is 0.467. The van der Waals surface area contributed by atoms with E-state index in [2.05, 4.69) is 22.5 Å². The van der Waals surface area contributed by atoms with Crippen LogP contribution in [-0.2, 0) is 4.74 Å². The van der Waals surface area contributed by atoms with Crippen LogP contribution in [0.5, 0.6) is 0 Å². The Morgan fingerprint density at radius 1 is 1.40 bits per heavy atom. The van der Waals surface area contributed by atoms with Crippen molar-refractivity contribution in [1.82, 2.24) is 4.90 Å². The van der Waals surface area contributed by atoms with Gasteiger partial charge in [-0.15, -0.1) is 0 Å². The number of nitrogens with zero attached hydrogens (tertiary/aromatic N) is 2. The molecule has 1 saturated heterocycles. The summed E-state index contributed by atoms with van der Waals surface area (Å²) in [6, 6.07) is 7.16. The highest BCUT2D eigenvalue weighted by Gasteiger charge is 2.11. The lowest BCUT2D eigenvalue weighted by atomic mass is 10.1. The zero-order valence-corrected chi connectivity index (χ0v) is 12.1. The lowest BCUT2D eigenvalue weighted by Crippen LogP contribution is -2.32. The summed E-state index contributed by atoms with van der Waals surface area (Å²) in [5, 5.41) is 4.42. The van der Waals surface area contributed by atoms with Gasteiger partial charge in [-0.25, -0.2) is 4.79 Å². The molecule has 1 N–H and O–H groups in total. The molecule has 1 fully saturated rings. The van der Waals surface area contributed by atoms with Crippen molar-refractivity contribution >= 4 is 17.4 Å². The first kappa shape index (κ1) is 14.5. The van der Waals surface area contributed by atoms with Crippen molar-refractivity contribution in [2.45, 2.75) is 19.8 Å². The minimum Gasteiger partial charge on any atom is -0.462 e. The molecule has 108 valence electrons. The van der Waals surface area contributed by atoms with E-state index in [0.29, 0.717) is 12.2 Å². The van der Waals surface area contributed by atoms with Crippen molar-refractivity contribution in [1.29, 1.82) is 0 Å². The smallest absolute Gasteiger partial charge is 0.338 e. The van der Waals surface area contributed by atoms with E-state index in [-0.39, 0.29) is 5.97 Å². The van der Waals surface area contributed by atoms with Crippen molar-refractivity contribution in [2.75, 3.05) is 32.2 Å². The van der Waals surface area contributed by atoms with Crippen LogP contribution in [0.4, 0.5) is 5.69 Å². The zero-order valence-electron chi connectivity index (χ0n) is 12.1. The van der Waals surface area contributed by atoms with Crippen molar-refractivity contribution in [2.24, 2.45) is 5.10 Å². The first-order valence-electron chi connectivity index (χ1n) is 6.96. The van der Waals surface area contributed by atoms with E-state index < -0.39 is 0 Å². The maximum Gasteiger partial charge on any atom is 0.338 e. The molecular formula is C15H21N3O2. The first-order chi connectivity index (χ1) is 9.69. The highest BCUT2D eigenvalue weighted by atomic mass is 16.5. The standard InChI is InChI=1S/C15H21N3O2/c1-3-20-15(19)12-6-8-13(9-7-12)16-17-14-5-4-10-18(2)11-14/h6-9,16H,3-5,10-11H2,1-2H3. The summed E-state index contributed by atoms with van der Waals surface area (Å²) in [5.74, 6) is -0.292. The number of nitrogens with one attached hydrogen (secondary N) is 1. The number of carbonyl (C=O) groups is 1. The average molecular weight is 275 g/mol. The van der Waals surface area contributed by atoms with Crippen LogP contribution in [0.25, 0.3) is 0 Å². The number of likely N-dealkylation sites (tertiary alicyclic amines) is 1. The molecule has 5 heteroatoms. The first-order valence-corrected chi connectivity index (χ1v) is 6.96. The summed E-state index contributed by atoms with van der Waals surface area (Å²) < 4.78 is 4.94. The van der Waals surface area contributed by atoms with E-state index in [1.165, 1.54) is 0 Å². The number of hydrazone groups is 1. The molecule has 20 heavy (non-hydrogen) atoms. The Bertz CT molecular complexity index is 482. The zero-order chi connectivity index (χ0) is 14.4. The van der Waals surface area contributed by atoms with E-state index in [1.807, 2.05) is 12.1 Å². The van der Waals surface area contributed by atoms with Gasteiger partial charge in [-0.05, 0) is 57.6 Å². The highest BCUT2D eigenvalue weighted by Crippen LogP contribution is 2.12. The summed E-state index contributed by atoms with van der Waals surface area (Å²) in [6.07, 6.45) is 2.19. The minimum atomic E-state index is -0.292. The van der Waals surface area contributed by atoms with E-state index in [4.69, 9.17) is 4.74 Å². The number of carbonyl (C=O) groups excluding carboxylic acids is 1. The van der Waals surface area contributed by atoms with Crippen molar-refractivity contribution in [3.63, 3.8) is 0 Å². The van der Waals surface area contributed by atoms with Crippen LogP contribution in [-0.4, -0.2) is 43.3 Å². The largest absolute Gasteiger partial charge is 0.462 e. The number of rotatable bonds is 4. The van der Waals surface area contributed by atoms with Gasteiger partial charge in [0.25, 0.3) is 0 Å². The van der Waals surface area contributed by atoms with Crippen LogP contribution in [0.3, 0.4) is 0 Å². The van der Waals surface area contributed by atoms with E-state index in [0.717, 1.165) is 37.3 Å². The molecule has 1 heterocycles. The topological polar surface area (TPSA) is 53.9 Å². The third-order valence-corrected chi connectivity index (χ3v) is 3.20. The fourth-order valence-electron chi connectivity index (χ4n) is 2.15. The molecule has 0 aromatic heterocycles. The second kappa shape index (κ2) is 7.05. The Labute approximate surface area is 119 Å². The maximum absolute atomic E-state index is 11.5. The lowest BCUT2D eigenvalue weighted by molar-refractivity contribution is 0.0526. The van der Waals surface area contributed by atoms with Gasteiger partial charge < -0.3 is 9.64 Å². The Morgan fingerprint density at radius 2 is 2.15 bits per heavy atom. The second-order valence-electron chi connectivity index (χ2n) is 4.93. The van der Waals surface area contributed by atoms with Gasteiger partial charge in [0.1, 0.15) is 0 Å². The summed E-state index contributed by atoms with van der Waals surface area (Å²) >= 11 is 0. The number of hydrogen-bond acceptors (Lipinski definition) is 5. The van der Waals surface area contributed by atoms with E-state index >= 15 is 0 Å². The van der Waals surface area contributed by atoms with Crippen LogP contribution in [0.15, 0.2) is 29.4 Å². The molecule has 0 radical (unpaired) electrons. The molecule has 0 spiro atoms. The molecule has 0 atom stereocenters. The van der Waals surface area contributed by atoms with Crippen LogP contribution in [0, 0.1) is 0 Å². The Kier molecular flexibility index (Phi) is 5.12. The highest BCUT2D eigenvalue weighted by molar-refractivity contribution is 5.90. The van der Waals surface area contributed by atoms with E-state index in [1.54, 1.807) is 19.1 Å². The molecule has 1 aromatic carbocycles. The summed E-state index contributed by atoms with van der Waals surface area (Å²) in [4.78, 5) is 13.8. The van der Waals surface area contributed by atoms with E-state index in [9.17, 15) is 4.79 Å². The van der Waals surface area contributed by atoms with Crippen molar-refractivity contribution in [3.05, 3.63) is 29.8 Å². The second-order valence-corrected chi connectivity index (χ2v) is 4.93. The molecule has 1 aromatic rings. The summed E-state index contributed by atoms with van der Waals surface area (Å²) in [5.41, 5.74) is 5.63. The molecule has 0 aliphatic carbocycles. The van der Waals surface area contributed by atoms with Gasteiger partial charge in [-0.1, -0.05) is 0 Å². The molecule has 5 nitrogen and oxygen atoms in total. The Hall–Kier alpha value is -1.88. The predicted molar refractivity (Wildman–Crippen MR) is 80.2 cm³/mol. The number of esters is 1. The molecular weight excluding hydrogens is 254 g/mol. The number of benzene rings is 1. The van der Waals surface area contributed by atoms with Gasteiger partial charge in [-0.3, -0.25) is 5.43 Å². The summed E-state index contributed by atoms with van der Waals surface area (Å²) in [7, 11) is 2.10. The number of anilines is 1. The molecule has 0 saturated carbocycles. The third kappa shape index (κ3) is 4.06. The van der Waals surface area contributed by atoms with Gasteiger partial charge in [0, 0.05) is 6.54 Å². The van der Waals surface area contributed by atoms with Crippen LogP contribution in [0.2, 0.25) is 0 Å². The molecule has 0 unspecified atom stereocenters. The van der Waals surface area contributed by atoms with Gasteiger partial charge in [-0.2, -0.15) is 5.10 Å². The van der Waals surface area contributed by atoms with Gasteiger partial charge in [0.15, 0.2) is 0 Å². The van der Waals surface area contributed by atoms with Gasteiger partial charge >= 0.3 is 5.97 Å².